The number of aromatic amines is 1. The fourth-order valence-electron chi connectivity index (χ4n) is 1.75. The van der Waals surface area contributed by atoms with E-state index in [2.05, 4.69) is 10.1 Å². The molecule has 0 aliphatic heterocycles. The van der Waals surface area contributed by atoms with E-state index in [0.717, 1.165) is 11.1 Å². The lowest BCUT2D eigenvalue weighted by molar-refractivity contribution is 0.899. The summed E-state index contributed by atoms with van der Waals surface area (Å²) in [6.45, 7) is 0. The first-order valence-corrected chi connectivity index (χ1v) is 4.97. The van der Waals surface area contributed by atoms with E-state index in [1.807, 2.05) is 30.3 Å². The van der Waals surface area contributed by atoms with Gasteiger partial charge < -0.3 is 0 Å². The third-order valence-electron chi connectivity index (χ3n) is 2.51. The summed E-state index contributed by atoms with van der Waals surface area (Å²) < 4.78 is 1.43. The predicted octanol–water partition coefficient (Wildman–Crippen LogP) is 1.69. The summed E-state index contributed by atoms with van der Waals surface area (Å²) in [5, 5.41) is 2.90. The third-order valence-corrected chi connectivity index (χ3v) is 2.51. The van der Waals surface area contributed by atoms with Crippen LogP contribution in [0, 0.1) is 0 Å². The Bertz CT molecular complexity index is 682. The molecule has 0 bridgehead atoms. The van der Waals surface area contributed by atoms with E-state index in [9.17, 15) is 4.79 Å². The largest absolute Gasteiger partial charge is 0.296 e. The van der Waals surface area contributed by atoms with Crippen LogP contribution in [0.2, 0.25) is 0 Å². The molecule has 1 N–H and O–H groups in total. The summed E-state index contributed by atoms with van der Waals surface area (Å²) >= 11 is 0. The first kappa shape index (κ1) is 8.91. The molecule has 4 heteroatoms. The standard InChI is InChI=1S/C12H9N3O/c16-11-6-7-13-12-10(8-14-15(11)12)9-4-2-1-3-5-9/h1-8,14H. The van der Waals surface area contributed by atoms with E-state index in [1.54, 1.807) is 6.20 Å². The number of hydrogen-bond acceptors (Lipinski definition) is 2. The zero-order valence-electron chi connectivity index (χ0n) is 8.42. The van der Waals surface area contributed by atoms with Crippen molar-refractivity contribution in [3.05, 3.63) is 59.1 Å². The Morgan fingerprint density at radius 1 is 1.12 bits per heavy atom. The second-order valence-electron chi connectivity index (χ2n) is 3.50. The van der Waals surface area contributed by atoms with Crippen molar-refractivity contribution in [1.29, 1.82) is 0 Å². The van der Waals surface area contributed by atoms with Gasteiger partial charge in [0.1, 0.15) is 0 Å². The van der Waals surface area contributed by atoms with Gasteiger partial charge in [-0.2, -0.15) is 0 Å². The minimum atomic E-state index is -0.104. The van der Waals surface area contributed by atoms with E-state index in [0.29, 0.717) is 5.65 Å². The molecule has 0 saturated carbocycles. The fourth-order valence-corrected chi connectivity index (χ4v) is 1.75. The molecule has 2 heterocycles. The number of aromatic nitrogens is 3. The van der Waals surface area contributed by atoms with Crippen LogP contribution >= 0.6 is 0 Å². The maximum absolute atomic E-state index is 11.5. The summed E-state index contributed by atoms with van der Waals surface area (Å²) in [5.41, 5.74) is 2.52. The summed E-state index contributed by atoms with van der Waals surface area (Å²) in [4.78, 5) is 15.7. The molecule has 0 fully saturated rings. The molecule has 3 rings (SSSR count). The zero-order chi connectivity index (χ0) is 11.0. The average molecular weight is 211 g/mol. The van der Waals surface area contributed by atoms with Crippen LogP contribution in [0.3, 0.4) is 0 Å². The Balaban J connectivity index is 2.34. The highest BCUT2D eigenvalue weighted by molar-refractivity contribution is 5.76. The SMILES string of the molecule is O=c1ccnc2c(-c3ccccc3)c[nH]n12. The molecule has 4 nitrogen and oxygen atoms in total. The van der Waals surface area contributed by atoms with Crippen molar-refractivity contribution in [2.45, 2.75) is 0 Å². The number of rotatable bonds is 1. The van der Waals surface area contributed by atoms with Gasteiger partial charge in [-0.1, -0.05) is 30.3 Å². The van der Waals surface area contributed by atoms with Crippen LogP contribution in [0.15, 0.2) is 53.6 Å². The highest BCUT2D eigenvalue weighted by Gasteiger charge is 2.06. The van der Waals surface area contributed by atoms with Gasteiger partial charge in [0.05, 0.1) is 0 Å². The first-order chi connectivity index (χ1) is 7.86. The lowest BCUT2D eigenvalue weighted by Gasteiger charge is -1.96. The van der Waals surface area contributed by atoms with Gasteiger partial charge in [0.2, 0.25) is 0 Å². The van der Waals surface area contributed by atoms with Gasteiger partial charge in [-0.3, -0.25) is 9.89 Å². The van der Waals surface area contributed by atoms with Gasteiger partial charge in [0.15, 0.2) is 5.65 Å². The molecule has 16 heavy (non-hydrogen) atoms. The van der Waals surface area contributed by atoms with Crippen LogP contribution in [-0.4, -0.2) is 14.6 Å². The molecule has 0 atom stereocenters. The molecule has 1 aromatic carbocycles. The predicted molar refractivity (Wildman–Crippen MR) is 61.2 cm³/mol. The molecular formula is C12H9N3O. The second kappa shape index (κ2) is 3.34. The Kier molecular flexibility index (Phi) is 1.86. The van der Waals surface area contributed by atoms with Crippen LogP contribution in [0.4, 0.5) is 0 Å². The molecular weight excluding hydrogens is 202 g/mol. The maximum Gasteiger partial charge on any atom is 0.272 e. The fraction of sp³-hybridized carbons (Fsp3) is 0. The van der Waals surface area contributed by atoms with Crippen LogP contribution in [-0.2, 0) is 0 Å². The van der Waals surface area contributed by atoms with Crippen LogP contribution in [0.25, 0.3) is 16.8 Å². The van der Waals surface area contributed by atoms with Crippen molar-refractivity contribution in [2.75, 3.05) is 0 Å². The molecule has 2 aromatic heterocycles. The number of nitrogens with one attached hydrogen (secondary N) is 1. The van der Waals surface area contributed by atoms with E-state index in [4.69, 9.17) is 0 Å². The summed E-state index contributed by atoms with van der Waals surface area (Å²) in [6, 6.07) is 11.3. The van der Waals surface area contributed by atoms with Crippen molar-refractivity contribution in [3.8, 4) is 11.1 Å². The van der Waals surface area contributed by atoms with E-state index in [1.165, 1.54) is 16.8 Å². The van der Waals surface area contributed by atoms with E-state index in [-0.39, 0.29) is 5.56 Å². The number of H-pyrrole nitrogens is 1. The van der Waals surface area contributed by atoms with Crippen molar-refractivity contribution < 1.29 is 0 Å². The van der Waals surface area contributed by atoms with Gasteiger partial charge in [0.25, 0.3) is 5.56 Å². The number of hydrogen-bond donors (Lipinski definition) is 1. The number of fused-ring (bicyclic) bond motifs is 1. The zero-order valence-corrected chi connectivity index (χ0v) is 8.42. The lowest BCUT2D eigenvalue weighted by Crippen LogP contribution is -2.12. The molecule has 0 unspecified atom stereocenters. The van der Waals surface area contributed by atoms with Crippen LogP contribution < -0.4 is 5.56 Å². The molecule has 0 aliphatic rings. The molecule has 0 saturated heterocycles. The molecule has 0 spiro atoms. The van der Waals surface area contributed by atoms with Crippen molar-refractivity contribution in [3.63, 3.8) is 0 Å². The normalized spacial score (nSPS) is 10.8. The van der Waals surface area contributed by atoms with Gasteiger partial charge in [-0.05, 0) is 5.56 Å². The summed E-state index contributed by atoms with van der Waals surface area (Å²) in [6.07, 6.45) is 3.32. The van der Waals surface area contributed by atoms with Gasteiger partial charge >= 0.3 is 0 Å². The number of benzene rings is 1. The minimum Gasteiger partial charge on any atom is -0.296 e. The third kappa shape index (κ3) is 1.24. The van der Waals surface area contributed by atoms with Crippen LogP contribution in [0.5, 0.6) is 0 Å². The highest BCUT2D eigenvalue weighted by atomic mass is 16.1. The molecule has 0 amide bonds. The van der Waals surface area contributed by atoms with E-state index < -0.39 is 0 Å². The average Bonchev–Trinajstić information content (AvgIpc) is 2.75. The summed E-state index contributed by atoms with van der Waals surface area (Å²) in [7, 11) is 0. The van der Waals surface area contributed by atoms with Crippen molar-refractivity contribution in [1.82, 2.24) is 14.6 Å². The molecule has 0 aliphatic carbocycles. The molecule has 78 valence electrons. The van der Waals surface area contributed by atoms with Gasteiger partial charge in [0, 0.05) is 24.0 Å². The van der Waals surface area contributed by atoms with Gasteiger partial charge in [-0.25, -0.2) is 9.50 Å². The lowest BCUT2D eigenvalue weighted by atomic mass is 10.1. The topological polar surface area (TPSA) is 50.2 Å². The van der Waals surface area contributed by atoms with Crippen molar-refractivity contribution in [2.24, 2.45) is 0 Å². The van der Waals surface area contributed by atoms with Crippen molar-refractivity contribution >= 4 is 5.65 Å². The smallest absolute Gasteiger partial charge is 0.272 e. The Morgan fingerprint density at radius 2 is 1.94 bits per heavy atom. The summed E-state index contributed by atoms with van der Waals surface area (Å²) in [5.74, 6) is 0. The number of nitrogens with zero attached hydrogens (tertiary/aromatic N) is 2. The van der Waals surface area contributed by atoms with Crippen LogP contribution in [0.1, 0.15) is 0 Å². The second-order valence-corrected chi connectivity index (χ2v) is 3.50. The highest BCUT2D eigenvalue weighted by Crippen LogP contribution is 2.21. The Morgan fingerprint density at radius 3 is 2.75 bits per heavy atom. The monoisotopic (exact) mass is 211 g/mol. The Labute approximate surface area is 91.2 Å². The van der Waals surface area contributed by atoms with E-state index >= 15 is 0 Å². The maximum atomic E-state index is 11.5. The Hall–Kier alpha value is -2.36. The van der Waals surface area contributed by atoms with Gasteiger partial charge in [-0.15, -0.1) is 0 Å². The molecule has 0 radical (unpaired) electrons. The molecule has 3 aromatic rings. The minimum absolute atomic E-state index is 0.104. The quantitative estimate of drug-likeness (QED) is 0.665. The first-order valence-electron chi connectivity index (χ1n) is 4.97.